The molecule has 17 heavy (non-hydrogen) atoms. The van der Waals surface area contributed by atoms with Gasteiger partial charge in [-0.2, -0.15) is 0 Å². The van der Waals surface area contributed by atoms with Crippen LogP contribution in [0, 0.1) is 0 Å². The molecule has 0 saturated carbocycles. The fraction of sp³-hybridized carbons (Fsp3) is 0.154. The number of nitrogens with one attached hydrogen (secondary N) is 1. The van der Waals surface area contributed by atoms with Gasteiger partial charge in [0.1, 0.15) is 5.84 Å². The fourth-order valence-corrected chi connectivity index (χ4v) is 1.68. The molecule has 0 aliphatic carbocycles. The van der Waals surface area contributed by atoms with Gasteiger partial charge in [-0.3, -0.25) is 0 Å². The van der Waals surface area contributed by atoms with Crippen LogP contribution in [0.5, 0.6) is 0 Å². The Labute approximate surface area is 99.7 Å². The predicted molar refractivity (Wildman–Crippen MR) is 70.5 cm³/mol. The lowest BCUT2D eigenvalue weighted by Crippen LogP contribution is -2.16. The van der Waals surface area contributed by atoms with Crippen LogP contribution in [-0.4, -0.2) is 17.6 Å². The van der Waals surface area contributed by atoms with Crippen molar-refractivity contribution in [3.8, 4) is 0 Å². The quantitative estimate of drug-likeness (QED) is 0.326. The van der Waals surface area contributed by atoms with Gasteiger partial charge in [0.25, 0.3) is 0 Å². The molecule has 4 heteroatoms. The Morgan fingerprint density at radius 2 is 1.94 bits per heavy atom. The number of nitrogens with zero attached hydrogens (tertiary/aromatic N) is 1. The van der Waals surface area contributed by atoms with Gasteiger partial charge < -0.3 is 16.3 Å². The van der Waals surface area contributed by atoms with Crippen molar-refractivity contribution in [3.05, 3.63) is 42.5 Å². The van der Waals surface area contributed by atoms with Crippen LogP contribution >= 0.6 is 0 Å². The lowest BCUT2D eigenvalue weighted by molar-refractivity contribution is 0.317. The Morgan fingerprint density at radius 3 is 2.71 bits per heavy atom. The van der Waals surface area contributed by atoms with Crippen LogP contribution in [-0.2, 0) is 0 Å². The number of benzene rings is 2. The van der Waals surface area contributed by atoms with E-state index >= 15 is 0 Å². The molecule has 0 spiro atoms. The Kier molecular flexibility index (Phi) is 3.45. The zero-order valence-electron chi connectivity index (χ0n) is 9.43. The van der Waals surface area contributed by atoms with Gasteiger partial charge in [-0.05, 0) is 22.9 Å². The van der Waals surface area contributed by atoms with Crippen molar-refractivity contribution >= 4 is 22.3 Å². The highest BCUT2D eigenvalue weighted by Gasteiger charge is 1.96. The molecule has 0 heterocycles. The number of hydrogen-bond acceptors (Lipinski definition) is 3. The van der Waals surface area contributed by atoms with E-state index in [0.29, 0.717) is 13.0 Å². The minimum atomic E-state index is 0.235. The van der Waals surface area contributed by atoms with Crippen LogP contribution in [0.25, 0.3) is 10.8 Å². The van der Waals surface area contributed by atoms with Gasteiger partial charge in [-0.1, -0.05) is 35.5 Å². The number of oxime groups is 1. The summed E-state index contributed by atoms with van der Waals surface area (Å²) in [7, 11) is 0. The van der Waals surface area contributed by atoms with E-state index in [-0.39, 0.29) is 5.84 Å². The minimum Gasteiger partial charge on any atom is -0.409 e. The second-order valence-electron chi connectivity index (χ2n) is 3.83. The molecular weight excluding hydrogens is 214 g/mol. The molecule has 4 nitrogen and oxygen atoms in total. The molecule has 2 aromatic rings. The molecule has 0 radical (unpaired) electrons. The molecule has 88 valence electrons. The second kappa shape index (κ2) is 5.21. The summed E-state index contributed by atoms with van der Waals surface area (Å²) in [6.07, 6.45) is 0.517. The zero-order chi connectivity index (χ0) is 12.1. The van der Waals surface area contributed by atoms with E-state index in [4.69, 9.17) is 10.9 Å². The largest absolute Gasteiger partial charge is 0.409 e. The van der Waals surface area contributed by atoms with E-state index in [1.54, 1.807) is 0 Å². The highest BCUT2D eigenvalue weighted by molar-refractivity contribution is 5.85. The number of rotatable bonds is 4. The van der Waals surface area contributed by atoms with E-state index in [9.17, 15) is 0 Å². The summed E-state index contributed by atoms with van der Waals surface area (Å²) in [5.74, 6) is 0.235. The SMILES string of the molecule is NC(CCNc1ccc2ccccc2c1)=NO. The Balaban J connectivity index is 2.04. The first-order valence-electron chi connectivity index (χ1n) is 5.48. The molecule has 0 aliphatic heterocycles. The molecule has 0 aliphatic rings. The molecule has 0 bridgehead atoms. The van der Waals surface area contributed by atoms with Crippen molar-refractivity contribution in [2.75, 3.05) is 11.9 Å². The first-order valence-corrected chi connectivity index (χ1v) is 5.48. The summed E-state index contributed by atoms with van der Waals surface area (Å²) in [5, 5.41) is 17.0. The molecule has 0 atom stereocenters. The van der Waals surface area contributed by atoms with Crippen LogP contribution in [0.1, 0.15) is 6.42 Å². The topological polar surface area (TPSA) is 70.6 Å². The van der Waals surface area contributed by atoms with E-state index in [1.165, 1.54) is 10.8 Å². The van der Waals surface area contributed by atoms with Gasteiger partial charge in [0.2, 0.25) is 0 Å². The van der Waals surface area contributed by atoms with E-state index in [2.05, 4.69) is 34.7 Å². The van der Waals surface area contributed by atoms with Crippen molar-refractivity contribution in [1.29, 1.82) is 0 Å². The highest BCUT2D eigenvalue weighted by Crippen LogP contribution is 2.18. The summed E-state index contributed by atoms with van der Waals surface area (Å²) in [4.78, 5) is 0. The normalized spacial score (nSPS) is 11.6. The Morgan fingerprint density at radius 1 is 1.18 bits per heavy atom. The molecule has 0 unspecified atom stereocenters. The van der Waals surface area contributed by atoms with Crippen LogP contribution < -0.4 is 11.1 Å². The van der Waals surface area contributed by atoms with Crippen molar-refractivity contribution in [1.82, 2.24) is 0 Å². The number of fused-ring (bicyclic) bond motifs is 1. The van der Waals surface area contributed by atoms with Gasteiger partial charge in [0, 0.05) is 18.7 Å². The predicted octanol–water partition coefficient (Wildman–Crippen LogP) is 2.39. The molecule has 4 N–H and O–H groups in total. The monoisotopic (exact) mass is 229 g/mol. The van der Waals surface area contributed by atoms with E-state index in [0.717, 1.165) is 5.69 Å². The van der Waals surface area contributed by atoms with Crippen LogP contribution in [0.2, 0.25) is 0 Å². The number of amidine groups is 1. The van der Waals surface area contributed by atoms with Crippen molar-refractivity contribution in [3.63, 3.8) is 0 Å². The fourth-order valence-electron chi connectivity index (χ4n) is 1.68. The maximum atomic E-state index is 8.41. The molecule has 0 amide bonds. The van der Waals surface area contributed by atoms with Gasteiger partial charge in [-0.25, -0.2) is 0 Å². The van der Waals surface area contributed by atoms with Gasteiger partial charge >= 0.3 is 0 Å². The van der Waals surface area contributed by atoms with Gasteiger partial charge in [0.05, 0.1) is 0 Å². The Bertz CT molecular complexity index is 537. The van der Waals surface area contributed by atoms with Gasteiger partial charge in [-0.15, -0.1) is 0 Å². The summed E-state index contributed by atoms with van der Waals surface area (Å²) in [6, 6.07) is 14.4. The first kappa shape index (κ1) is 11.3. The maximum absolute atomic E-state index is 8.41. The summed E-state index contributed by atoms with van der Waals surface area (Å²) >= 11 is 0. The minimum absolute atomic E-state index is 0.235. The first-order chi connectivity index (χ1) is 8.29. The summed E-state index contributed by atoms with van der Waals surface area (Å²) in [5.41, 5.74) is 6.42. The lowest BCUT2D eigenvalue weighted by Gasteiger charge is -2.06. The molecule has 0 aromatic heterocycles. The number of hydrogen-bond donors (Lipinski definition) is 3. The average Bonchev–Trinajstić information content (AvgIpc) is 2.38. The molecular formula is C13H15N3O. The van der Waals surface area contributed by atoms with Crippen molar-refractivity contribution in [2.45, 2.75) is 6.42 Å². The third kappa shape index (κ3) is 2.87. The van der Waals surface area contributed by atoms with Crippen LogP contribution in [0.3, 0.4) is 0 Å². The summed E-state index contributed by atoms with van der Waals surface area (Å²) < 4.78 is 0. The number of nitrogens with two attached hydrogens (primary N) is 1. The molecule has 0 saturated heterocycles. The van der Waals surface area contributed by atoms with Crippen molar-refractivity contribution in [2.24, 2.45) is 10.9 Å². The molecule has 2 rings (SSSR count). The smallest absolute Gasteiger partial charge is 0.140 e. The second-order valence-corrected chi connectivity index (χ2v) is 3.83. The molecule has 2 aromatic carbocycles. The van der Waals surface area contributed by atoms with Crippen molar-refractivity contribution < 1.29 is 5.21 Å². The lowest BCUT2D eigenvalue weighted by atomic mass is 10.1. The third-order valence-corrected chi connectivity index (χ3v) is 2.59. The summed E-state index contributed by atoms with van der Waals surface area (Å²) in [6.45, 7) is 0.647. The van der Waals surface area contributed by atoms with E-state index in [1.807, 2.05) is 18.2 Å². The number of anilines is 1. The van der Waals surface area contributed by atoms with E-state index < -0.39 is 0 Å². The van der Waals surface area contributed by atoms with Crippen LogP contribution in [0.15, 0.2) is 47.6 Å². The average molecular weight is 229 g/mol. The standard InChI is InChI=1S/C13H15N3O/c14-13(16-17)7-8-15-12-6-5-10-3-1-2-4-11(10)9-12/h1-6,9,15,17H,7-8H2,(H2,14,16). The molecule has 0 fully saturated rings. The highest BCUT2D eigenvalue weighted by atomic mass is 16.4. The maximum Gasteiger partial charge on any atom is 0.140 e. The van der Waals surface area contributed by atoms with Crippen LogP contribution in [0.4, 0.5) is 5.69 Å². The third-order valence-electron chi connectivity index (χ3n) is 2.59. The Hall–Kier alpha value is -2.23. The van der Waals surface area contributed by atoms with Gasteiger partial charge in [0.15, 0.2) is 0 Å². The zero-order valence-corrected chi connectivity index (χ0v) is 9.43.